The van der Waals surface area contributed by atoms with Crippen LogP contribution in [0.1, 0.15) is 51.4 Å². The molecule has 1 aromatic carbocycles. The zero-order valence-electron chi connectivity index (χ0n) is 15.1. The van der Waals surface area contributed by atoms with E-state index in [0.717, 1.165) is 13.0 Å². The molecule has 0 bridgehead atoms. The Bertz CT molecular complexity index is 621. The number of nitrogens with zero attached hydrogens (tertiary/aromatic N) is 1. The van der Waals surface area contributed by atoms with Crippen molar-refractivity contribution < 1.29 is 13.9 Å². The second-order valence-corrected chi connectivity index (χ2v) is 7.58. The molecule has 0 radical (unpaired) electrons. The summed E-state index contributed by atoms with van der Waals surface area (Å²) in [6.45, 7) is 1.31. The van der Waals surface area contributed by atoms with Crippen LogP contribution in [-0.4, -0.2) is 35.2 Å². The maximum absolute atomic E-state index is 12.9. The molecule has 142 valence electrons. The summed E-state index contributed by atoms with van der Waals surface area (Å²) in [6.07, 6.45) is 8.57. The largest absolute Gasteiger partial charge is 0.471 e. The van der Waals surface area contributed by atoms with E-state index in [1.165, 1.54) is 44.2 Å². The first-order chi connectivity index (χ1) is 12.6. The summed E-state index contributed by atoms with van der Waals surface area (Å²) >= 11 is 5.13. The number of likely N-dealkylation sites (tertiary alicyclic amines) is 1. The molecular weight excluding hydrogens is 351 g/mol. The van der Waals surface area contributed by atoms with Crippen molar-refractivity contribution in [3.8, 4) is 0 Å². The van der Waals surface area contributed by atoms with Gasteiger partial charge in [0.25, 0.3) is 5.17 Å². The second kappa shape index (κ2) is 9.31. The summed E-state index contributed by atoms with van der Waals surface area (Å²) in [6, 6.07) is 6.39. The third-order valence-electron chi connectivity index (χ3n) is 5.42. The molecule has 4 nitrogen and oxygen atoms in total. The molecule has 2 fully saturated rings. The fraction of sp³-hybridized carbons (Fsp3) is 0.600. The third-order valence-corrected chi connectivity index (χ3v) is 5.64. The van der Waals surface area contributed by atoms with E-state index in [9.17, 15) is 9.18 Å². The summed E-state index contributed by atoms with van der Waals surface area (Å²) in [5, 5.41) is 3.15. The van der Waals surface area contributed by atoms with Crippen LogP contribution in [0, 0.1) is 11.7 Å². The van der Waals surface area contributed by atoms with Crippen molar-refractivity contribution in [1.29, 1.82) is 0 Å². The van der Waals surface area contributed by atoms with Crippen molar-refractivity contribution >= 4 is 29.0 Å². The maximum atomic E-state index is 12.9. The van der Waals surface area contributed by atoms with E-state index in [1.807, 2.05) is 0 Å². The number of carbonyl (C=O) groups is 1. The molecular formula is C20H27FN2O2S. The summed E-state index contributed by atoms with van der Waals surface area (Å²) in [5.41, 5.74) is 0.684. The molecule has 2 atom stereocenters. The van der Waals surface area contributed by atoms with E-state index >= 15 is 0 Å². The van der Waals surface area contributed by atoms with Gasteiger partial charge in [-0.05, 0) is 74.5 Å². The van der Waals surface area contributed by atoms with Crippen LogP contribution in [0.2, 0.25) is 0 Å². The second-order valence-electron chi connectivity index (χ2n) is 7.21. The maximum Gasteiger partial charge on any atom is 0.261 e. The first-order valence-electron chi connectivity index (χ1n) is 9.62. The number of anilines is 1. The van der Waals surface area contributed by atoms with Crippen molar-refractivity contribution in [3.05, 3.63) is 30.1 Å². The zero-order chi connectivity index (χ0) is 18.4. The number of amides is 1. The highest BCUT2D eigenvalue weighted by Gasteiger charge is 2.35. The van der Waals surface area contributed by atoms with Crippen LogP contribution < -0.4 is 5.32 Å². The Morgan fingerprint density at radius 3 is 2.73 bits per heavy atom. The fourth-order valence-electron chi connectivity index (χ4n) is 4.15. The summed E-state index contributed by atoms with van der Waals surface area (Å²) in [7, 11) is 0. The molecule has 6 heteroatoms. The number of thiocarbonyl (C=S) groups is 1. The highest BCUT2D eigenvalue weighted by Crippen LogP contribution is 2.35. The minimum Gasteiger partial charge on any atom is -0.471 e. The molecule has 1 aliphatic carbocycles. The molecule has 0 aromatic heterocycles. The van der Waals surface area contributed by atoms with Crippen molar-refractivity contribution in [1.82, 2.24) is 4.90 Å². The topological polar surface area (TPSA) is 41.6 Å². The predicted molar refractivity (Wildman–Crippen MR) is 104 cm³/mol. The highest BCUT2D eigenvalue weighted by atomic mass is 32.1. The Hall–Kier alpha value is -1.69. The van der Waals surface area contributed by atoms with Crippen molar-refractivity contribution in [2.75, 3.05) is 18.5 Å². The number of piperidine rings is 1. The van der Waals surface area contributed by atoms with Gasteiger partial charge in [0.05, 0.1) is 6.61 Å². The number of carbonyl (C=O) groups excluding carboxylic acids is 1. The normalized spacial score (nSPS) is 22.4. The van der Waals surface area contributed by atoms with Gasteiger partial charge >= 0.3 is 0 Å². The van der Waals surface area contributed by atoms with Crippen LogP contribution in [0.15, 0.2) is 24.3 Å². The van der Waals surface area contributed by atoms with Crippen LogP contribution in [0.5, 0.6) is 0 Å². The molecule has 1 unspecified atom stereocenters. The number of fused-ring (bicyclic) bond motifs is 1. The Kier molecular flexibility index (Phi) is 6.83. The number of hydrogen-bond donors (Lipinski definition) is 1. The van der Waals surface area contributed by atoms with E-state index in [4.69, 9.17) is 17.0 Å². The third kappa shape index (κ3) is 5.16. The van der Waals surface area contributed by atoms with Gasteiger partial charge in [0.2, 0.25) is 5.91 Å². The van der Waals surface area contributed by atoms with E-state index in [2.05, 4.69) is 10.2 Å². The van der Waals surface area contributed by atoms with E-state index < -0.39 is 0 Å². The molecule has 1 amide bonds. The zero-order valence-corrected chi connectivity index (χ0v) is 15.9. The lowest BCUT2D eigenvalue weighted by Crippen LogP contribution is -2.49. The van der Waals surface area contributed by atoms with Gasteiger partial charge in [-0.25, -0.2) is 4.39 Å². The number of nitrogens with one attached hydrogen (secondary N) is 1. The van der Waals surface area contributed by atoms with Gasteiger partial charge in [-0.2, -0.15) is 0 Å². The van der Waals surface area contributed by atoms with Gasteiger partial charge in [-0.1, -0.05) is 12.8 Å². The molecule has 1 N–H and O–H groups in total. The summed E-state index contributed by atoms with van der Waals surface area (Å²) < 4.78 is 18.4. The van der Waals surface area contributed by atoms with E-state index in [-0.39, 0.29) is 16.9 Å². The minimum atomic E-state index is -0.293. The number of ether oxygens (including phenoxy) is 1. The smallest absolute Gasteiger partial charge is 0.261 e. The molecule has 3 rings (SSSR count). The molecule has 1 heterocycles. The lowest BCUT2D eigenvalue weighted by atomic mass is 9.78. The highest BCUT2D eigenvalue weighted by molar-refractivity contribution is 7.80. The standard InChI is InChI=1S/C20H27FN2O2S/c21-16-9-11-17(12-10-16)22-20(26)25-14-4-8-19(24)23-13-3-6-15-5-1-2-7-18(15)23/h9-12,15,18H,1-8,13-14H2,(H,22,26)/t15?,18-/m0/s1. The van der Waals surface area contributed by atoms with Gasteiger partial charge < -0.3 is 15.0 Å². The molecule has 1 saturated heterocycles. The quantitative estimate of drug-likeness (QED) is 0.605. The first kappa shape index (κ1) is 19.1. The molecule has 1 aliphatic heterocycles. The minimum absolute atomic E-state index is 0.245. The fourth-order valence-corrected chi connectivity index (χ4v) is 4.35. The van der Waals surface area contributed by atoms with Gasteiger partial charge in [-0.3, -0.25) is 4.79 Å². The van der Waals surface area contributed by atoms with Crippen LogP contribution in [-0.2, 0) is 9.53 Å². The van der Waals surface area contributed by atoms with Gasteiger partial charge in [-0.15, -0.1) is 0 Å². The van der Waals surface area contributed by atoms with Crippen molar-refractivity contribution in [2.24, 2.45) is 5.92 Å². The molecule has 1 saturated carbocycles. The number of hydrogen-bond acceptors (Lipinski definition) is 3. The SMILES string of the molecule is O=C(CCCOC(=S)Nc1ccc(F)cc1)N1CCCC2CCCC[C@@H]21. The van der Waals surface area contributed by atoms with Gasteiger partial charge in [0.15, 0.2) is 0 Å². The Morgan fingerprint density at radius 1 is 1.19 bits per heavy atom. The first-order valence-corrected chi connectivity index (χ1v) is 10.0. The van der Waals surface area contributed by atoms with Gasteiger partial charge in [0, 0.05) is 24.7 Å². The number of rotatable bonds is 5. The monoisotopic (exact) mass is 378 g/mol. The van der Waals surface area contributed by atoms with Crippen molar-refractivity contribution in [3.63, 3.8) is 0 Å². The van der Waals surface area contributed by atoms with Crippen LogP contribution >= 0.6 is 12.2 Å². The molecule has 0 spiro atoms. The predicted octanol–water partition coefficient (Wildman–Crippen LogP) is 4.50. The lowest BCUT2D eigenvalue weighted by Gasteiger charge is -2.44. The van der Waals surface area contributed by atoms with Crippen LogP contribution in [0.3, 0.4) is 0 Å². The Labute approximate surface area is 160 Å². The number of halogens is 1. The average Bonchev–Trinajstić information content (AvgIpc) is 2.66. The Balaban J connectivity index is 1.36. The molecule has 2 aliphatic rings. The molecule has 1 aromatic rings. The van der Waals surface area contributed by atoms with E-state index in [0.29, 0.717) is 37.1 Å². The average molecular weight is 379 g/mol. The van der Waals surface area contributed by atoms with E-state index in [1.54, 1.807) is 12.1 Å². The van der Waals surface area contributed by atoms with Crippen molar-refractivity contribution in [2.45, 2.75) is 57.4 Å². The summed E-state index contributed by atoms with van der Waals surface area (Å²) in [5.74, 6) is 0.673. The van der Waals surface area contributed by atoms with Crippen LogP contribution in [0.4, 0.5) is 10.1 Å². The van der Waals surface area contributed by atoms with Gasteiger partial charge in [0.1, 0.15) is 5.82 Å². The number of benzene rings is 1. The molecule has 26 heavy (non-hydrogen) atoms. The lowest BCUT2D eigenvalue weighted by molar-refractivity contribution is -0.137. The Morgan fingerprint density at radius 2 is 1.92 bits per heavy atom. The summed E-state index contributed by atoms with van der Waals surface area (Å²) in [4.78, 5) is 14.7. The van der Waals surface area contributed by atoms with Crippen LogP contribution in [0.25, 0.3) is 0 Å².